The number of fused-ring (bicyclic) bond motifs is 3. The molecule has 0 radical (unpaired) electrons. The Hall–Kier alpha value is -3.40. The maximum atomic E-state index is 8.95. The minimum absolute atomic E-state index is 0.372. The molecule has 0 unspecified atom stereocenters. The number of nitrogens with one attached hydrogen (secondary N) is 1. The van der Waals surface area contributed by atoms with E-state index in [0.29, 0.717) is 11.5 Å². The van der Waals surface area contributed by atoms with E-state index in [2.05, 4.69) is 35.3 Å². The largest absolute Gasteiger partial charge is 0.356 e. The molecule has 4 aromatic heterocycles. The quantitative estimate of drug-likeness (QED) is 0.605. The molecule has 5 heterocycles. The fourth-order valence-corrected chi connectivity index (χ4v) is 3.85. The predicted octanol–water partition coefficient (Wildman–Crippen LogP) is 2.86. The van der Waals surface area contributed by atoms with Crippen molar-refractivity contribution in [3.05, 3.63) is 54.2 Å². The van der Waals surface area contributed by atoms with Gasteiger partial charge in [-0.05, 0) is 31.0 Å². The third-order valence-corrected chi connectivity index (χ3v) is 5.11. The highest BCUT2D eigenvalue weighted by molar-refractivity contribution is 5.74. The van der Waals surface area contributed by atoms with Gasteiger partial charge in [-0.1, -0.05) is 0 Å². The Kier molecular flexibility index (Phi) is 3.35. The first kappa shape index (κ1) is 14.9. The normalized spacial score (nSPS) is 17.7. The number of rotatable bonds is 2. The van der Waals surface area contributed by atoms with Gasteiger partial charge >= 0.3 is 0 Å². The number of hydrogen-bond acceptors (Lipinski definition) is 5. The lowest BCUT2D eigenvalue weighted by Crippen LogP contribution is -2.35. The number of hydrogen-bond donors (Lipinski definition) is 1. The number of piperidine rings is 1. The number of aromatic amines is 1. The van der Waals surface area contributed by atoms with Gasteiger partial charge in [-0.25, -0.2) is 15.0 Å². The summed E-state index contributed by atoms with van der Waals surface area (Å²) >= 11 is 0. The molecule has 0 spiro atoms. The first-order valence-electron chi connectivity index (χ1n) is 8.74. The summed E-state index contributed by atoms with van der Waals surface area (Å²) in [5.74, 6) is 1.30. The van der Waals surface area contributed by atoms with Crippen LogP contribution in [0.25, 0.3) is 16.8 Å². The Morgan fingerprint density at radius 2 is 2.08 bits per heavy atom. The van der Waals surface area contributed by atoms with Gasteiger partial charge in [0.25, 0.3) is 0 Å². The van der Waals surface area contributed by atoms with Crippen molar-refractivity contribution in [1.82, 2.24) is 24.3 Å². The van der Waals surface area contributed by atoms with Crippen molar-refractivity contribution in [2.75, 3.05) is 18.0 Å². The van der Waals surface area contributed by atoms with E-state index >= 15 is 0 Å². The molecule has 5 rings (SSSR count). The monoisotopic (exact) mass is 343 g/mol. The van der Waals surface area contributed by atoms with Crippen LogP contribution < -0.4 is 4.90 Å². The second-order valence-electron chi connectivity index (χ2n) is 6.65. The van der Waals surface area contributed by atoms with E-state index < -0.39 is 0 Å². The van der Waals surface area contributed by atoms with Gasteiger partial charge in [0.2, 0.25) is 0 Å². The van der Waals surface area contributed by atoms with Crippen LogP contribution >= 0.6 is 0 Å². The van der Waals surface area contributed by atoms with Crippen LogP contribution in [0, 0.1) is 11.3 Å². The van der Waals surface area contributed by atoms with Gasteiger partial charge in [0.1, 0.15) is 11.9 Å². The minimum atomic E-state index is 0.372. The van der Waals surface area contributed by atoms with Crippen molar-refractivity contribution in [2.24, 2.45) is 0 Å². The van der Waals surface area contributed by atoms with Crippen LogP contribution in [0.1, 0.15) is 30.0 Å². The highest BCUT2D eigenvalue weighted by atomic mass is 15.2. The molecule has 1 aliphatic rings. The summed E-state index contributed by atoms with van der Waals surface area (Å²) in [6.45, 7) is 1.87. The maximum Gasteiger partial charge on any atom is 0.156 e. The molecule has 128 valence electrons. The molecule has 1 fully saturated rings. The fourth-order valence-electron chi connectivity index (χ4n) is 3.85. The van der Waals surface area contributed by atoms with Gasteiger partial charge in [-0.15, -0.1) is 0 Å². The Balaban J connectivity index is 1.51. The summed E-state index contributed by atoms with van der Waals surface area (Å²) in [5.41, 5.74) is 4.61. The summed E-state index contributed by atoms with van der Waals surface area (Å²) in [5, 5.41) is 8.95. The number of nitriles is 1. The summed E-state index contributed by atoms with van der Waals surface area (Å²) < 4.78 is 2.21. The molecular weight excluding hydrogens is 326 g/mol. The smallest absolute Gasteiger partial charge is 0.156 e. The molecule has 1 N–H and O–H groups in total. The molecule has 0 bridgehead atoms. The summed E-state index contributed by atoms with van der Waals surface area (Å²) in [4.78, 5) is 18.9. The average molecular weight is 343 g/mol. The second kappa shape index (κ2) is 5.85. The number of H-pyrrole nitrogens is 1. The summed E-state index contributed by atoms with van der Waals surface area (Å²) in [7, 11) is 0. The Labute approximate surface area is 149 Å². The molecule has 26 heavy (non-hydrogen) atoms. The number of aromatic nitrogens is 5. The van der Waals surface area contributed by atoms with Crippen molar-refractivity contribution >= 4 is 22.6 Å². The highest BCUT2D eigenvalue weighted by Gasteiger charge is 2.25. The first-order chi connectivity index (χ1) is 12.8. The van der Waals surface area contributed by atoms with Crippen molar-refractivity contribution in [3.63, 3.8) is 0 Å². The van der Waals surface area contributed by atoms with Crippen LogP contribution in [0.2, 0.25) is 0 Å². The maximum absolute atomic E-state index is 8.95. The van der Waals surface area contributed by atoms with Crippen molar-refractivity contribution in [1.29, 1.82) is 5.26 Å². The lowest BCUT2D eigenvalue weighted by Gasteiger charge is -2.33. The molecule has 7 heteroatoms. The van der Waals surface area contributed by atoms with Gasteiger partial charge in [-0.3, -0.25) is 4.40 Å². The van der Waals surface area contributed by atoms with Gasteiger partial charge in [0.05, 0.1) is 17.3 Å². The van der Waals surface area contributed by atoms with E-state index in [9.17, 15) is 0 Å². The number of pyridine rings is 1. The van der Waals surface area contributed by atoms with Crippen molar-refractivity contribution in [3.8, 4) is 6.07 Å². The first-order valence-corrected chi connectivity index (χ1v) is 8.74. The molecule has 0 amide bonds. The zero-order chi connectivity index (χ0) is 17.5. The van der Waals surface area contributed by atoms with Crippen LogP contribution in [0.5, 0.6) is 0 Å². The average Bonchev–Trinajstić information content (AvgIpc) is 3.34. The molecule has 1 aliphatic heterocycles. The van der Waals surface area contributed by atoms with Crippen LogP contribution in [0.3, 0.4) is 0 Å². The number of anilines is 1. The summed E-state index contributed by atoms with van der Waals surface area (Å²) in [6.07, 6.45) is 9.56. The van der Waals surface area contributed by atoms with E-state index in [1.807, 2.05) is 36.8 Å². The van der Waals surface area contributed by atoms with E-state index in [4.69, 9.17) is 5.26 Å². The third kappa shape index (κ3) is 2.30. The van der Waals surface area contributed by atoms with E-state index in [1.165, 1.54) is 5.69 Å². The zero-order valence-electron chi connectivity index (χ0n) is 14.1. The standard InChI is InChI=1S/C19H17N7/c20-8-13-3-4-17(22-9-13)25-7-1-2-14(12-25)16-10-23-18-11-24-19-15(26(16)18)5-6-21-19/h3-6,9-11,14,21H,1-2,7,12H2/t14-/m1/s1. The predicted molar refractivity (Wildman–Crippen MR) is 98.0 cm³/mol. The van der Waals surface area contributed by atoms with E-state index in [0.717, 1.165) is 48.6 Å². The zero-order valence-corrected chi connectivity index (χ0v) is 14.1. The van der Waals surface area contributed by atoms with Crippen molar-refractivity contribution < 1.29 is 0 Å². The minimum Gasteiger partial charge on any atom is -0.356 e. The van der Waals surface area contributed by atoms with E-state index in [-0.39, 0.29) is 0 Å². The lowest BCUT2D eigenvalue weighted by molar-refractivity contribution is 0.497. The van der Waals surface area contributed by atoms with Gasteiger partial charge in [0, 0.05) is 43.3 Å². The molecule has 4 aromatic rings. The molecular formula is C19H17N7. The summed E-state index contributed by atoms with van der Waals surface area (Å²) in [6, 6.07) is 7.93. The number of nitrogens with zero attached hydrogens (tertiary/aromatic N) is 6. The SMILES string of the molecule is N#Cc1ccc(N2CCC[C@@H](c3cnc4cnc5[nH]ccc5n34)C2)nc1. The molecule has 1 saturated heterocycles. The lowest BCUT2D eigenvalue weighted by atomic mass is 9.95. The van der Waals surface area contributed by atoms with Crippen LogP contribution in [0.15, 0.2) is 43.0 Å². The van der Waals surface area contributed by atoms with Crippen LogP contribution in [-0.4, -0.2) is 37.4 Å². The topological polar surface area (TPSA) is 85.9 Å². The third-order valence-electron chi connectivity index (χ3n) is 5.11. The fraction of sp³-hybridized carbons (Fsp3) is 0.263. The molecule has 0 aliphatic carbocycles. The Morgan fingerprint density at radius 1 is 1.12 bits per heavy atom. The van der Waals surface area contributed by atoms with Crippen molar-refractivity contribution in [2.45, 2.75) is 18.8 Å². The van der Waals surface area contributed by atoms with Gasteiger partial charge < -0.3 is 9.88 Å². The van der Waals surface area contributed by atoms with Gasteiger partial charge in [0.15, 0.2) is 11.3 Å². The highest BCUT2D eigenvalue weighted by Crippen LogP contribution is 2.31. The second-order valence-corrected chi connectivity index (χ2v) is 6.65. The van der Waals surface area contributed by atoms with Gasteiger partial charge in [-0.2, -0.15) is 5.26 Å². The molecule has 0 aromatic carbocycles. The van der Waals surface area contributed by atoms with Crippen LogP contribution in [0.4, 0.5) is 5.82 Å². The molecule has 0 saturated carbocycles. The Morgan fingerprint density at radius 3 is 2.92 bits per heavy atom. The van der Waals surface area contributed by atoms with Crippen LogP contribution in [-0.2, 0) is 0 Å². The van der Waals surface area contributed by atoms with E-state index in [1.54, 1.807) is 6.20 Å². The number of imidazole rings is 1. The molecule has 1 atom stereocenters. The molecule has 7 nitrogen and oxygen atoms in total. The Bertz CT molecular complexity index is 1120.